The van der Waals surface area contributed by atoms with E-state index in [2.05, 4.69) is 28.5 Å². The van der Waals surface area contributed by atoms with E-state index in [0.29, 0.717) is 17.7 Å². The fraction of sp³-hybridized carbons (Fsp3) is 0.389. The van der Waals surface area contributed by atoms with Gasteiger partial charge in [-0.1, -0.05) is 18.2 Å². The van der Waals surface area contributed by atoms with Crippen LogP contribution in [0.3, 0.4) is 0 Å². The molecular weight excluding hydrogens is 260 g/mol. The number of rotatable bonds is 4. The molecule has 21 heavy (non-hydrogen) atoms. The monoisotopic (exact) mass is 282 g/mol. The van der Waals surface area contributed by atoms with Crippen LogP contribution in [0.4, 0.5) is 0 Å². The van der Waals surface area contributed by atoms with Crippen molar-refractivity contribution in [3.8, 4) is 5.75 Å². The van der Waals surface area contributed by atoms with Crippen molar-refractivity contribution in [2.24, 2.45) is 0 Å². The lowest BCUT2D eigenvalue weighted by molar-refractivity contribution is 0.341. The van der Waals surface area contributed by atoms with Gasteiger partial charge in [-0.05, 0) is 60.9 Å². The van der Waals surface area contributed by atoms with Gasteiger partial charge in [0.15, 0.2) is 0 Å². The molecular formula is C18H22N2O. The largest absolute Gasteiger partial charge is 0.508 e. The summed E-state index contributed by atoms with van der Waals surface area (Å²) in [4.78, 5) is 4.15. The molecule has 0 amide bonds. The van der Waals surface area contributed by atoms with Crippen LogP contribution in [0.5, 0.6) is 5.75 Å². The van der Waals surface area contributed by atoms with Crippen LogP contribution in [0.2, 0.25) is 0 Å². The molecule has 0 radical (unpaired) electrons. The second-order valence-electron chi connectivity index (χ2n) is 5.88. The summed E-state index contributed by atoms with van der Waals surface area (Å²) in [5.74, 6) is 0.993. The number of nitrogens with one attached hydrogen (secondary N) is 1. The first-order valence-electron chi connectivity index (χ1n) is 7.72. The molecule has 0 bridgehead atoms. The Labute approximate surface area is 126 Å². The van der Waals surface area contributed by atoms with Crippen molar-refractivity contribution in [3.05, 3.63) is 59.9 Å². The van der Waals surface area contributed by atoms with Crippen molar-refractivity contribution in [1.82, 2.24) is 10.3 Å². The molecule has 0 unspecified atom stereocenters. The Morgan fingerprint density at radius 3 is 2.48 bits per heavy atom. The van der Waals surface area contributed by atoms with E-state index in [9.17, 15) is 5.11 Å². The lowest BCUT2D eigenvalue weighted by Gasteiger charge is -2.29. The van der Waals surface area contributed by atoms with Gasteiger partial charge in [-0.3, -0.25) is 4.98 Å². The molecule has 3 rings (SSSR count). The minimum absolute atomic E-state index is 0.352. The van der Waals surface area contributed by atoms with E-state index in [0.717, 1.165) is 6.54 Å². The van der Waals surface area contributed by atoms with E-state index in [-0.39, 0.29) is 0 Å². The van der Waals surface area contributed by atoms with Crippen LogP contribution in [0.15, 0.2) is 48.8 Å². The summed E-state index contributed by atoms with van der Waals surface area (Å²) in [6.45, 7) is 0.905. The maximum atomic E-state index is 9.36. The predicted molar refractivity (Wildman–Crippen MR) is 84.2 cm³/mol. The Bertz CT molecular complexity index is 545. The molecule has 1 aromatic carbocycles. The first kappa shape index (κ1) is 14.1. The summed E-state index contributed by atoms with van der Waals surface area (Å²) < 4.78 is 0. The standard InChI is InChI=1S/C18H22N2O/c21-18-9-5-16(6-10-18)15-3-7-17(8-4-15)20-13-14-2-1-11-19-12-14/h1-2,5-6,9-12,15,17,20-21H,3-4,7-8,13H2. The van der Waals surface area contributed by atoms with Crippen molar-refractivity contribution in [3.63, 3.8) is 0 Å². The van der Waals surface area contributed by atoms with Gasteiger partial charge < -0.3 is 10.4 Å². The van der Waals surface area contributed by atoms with Gasteiger partial charge in [-0.25, -0.2) is 0 Å². The van der Waals surface area contributed by atoms with Crippen molar-refractivity contribution >= 4 is 0 Å². The highest BCUT2D eigenvalue weighted by molar-refractivity contribution is 5.28. The van der Waals surface area contributed by atoms with Crippen LogP contribution >= 0.6 is 0 Å². The summed E-state index contributed by atoms with van der Waals surface area (Å²) in [5, 5.41) is 13.0. The Morgan fingerprint density at radius 2 is 1.81 bits per heavy atom. The Hall–Kier alpha value is -1.87. The zero-order valence-electron chi connectivity index (χ0n) is 12.2. The number of hydrogen-bond donors (Lipinski definition) is 2. The average molecular weight is 282 g/mol. The number of aromatic hydroxyl groups is 1. The zero-order valence-corrected chi connectivity index (χ0v) is 12.2. The van der Waals surface area contributed by atoms with Gasteiger partial charge >= 0.3 is 0 Å². The Kier molecular flexibility index (Phi) is 4.51. The number of phenols is 1. The Morgan fingerprint density at radius 1 is 1.05 bits per heavy atom. The maximum Gasteiger partial charge on any atom is 0.115 e. The molecule has 110 valence electrons. The normalized spacial score (nSPS) is 22.1. The molecule has 0 saturated heterocycles. The molecule has 2 N–H and O–H groups in total. The average Bonchev–Trinajstić information content (AvgIpc) is 2.55. The van der Waals surface area contributed by atoms with Crippen LogP contribution in [-0.4, -0.2) is 16.1 Å². The molecule has 3 heteroatoms. The molecule has 1 aliphatic rings. The summed E-state index contributed by atoms with van der Waals surface area (Å²) in [7, 11) is 0. The van der Waals surface area contributed by atoms with E-state index in [1.54, 1.807) is 12.1 Å². The third-order valence-corrected chi connectivity index (χ3v) is 4.41. The highest BCUT2D eigenvalue weighted by Crippen LogP contribution is 2.33. The lowest BCUT2D eigenvalue weighted by atomic mass is 9.81. The van der Waals surface area contributed by atoms with E-state index < -0.39 is 0 Å². The number of nitrogens with zero attached hydrogens (tertiary/aromatic N) is 1. The van der Waals surface area contributed by atoms with Gasteiger partial charge in [-0.15, -0.1) is 0 Å². The maximum absolute atomic E-state index is 9.36. The molecule has 1 fully saturated rings. The van der Waals surface area contributed by atoms with E-state index in [1.807, 2.05) is 18.5 Å². The van der Waals surface area contributed by atoms with E-state index >= 15 is 0 Å². The molecule has 1 aromatic heterocycles. The van der Waals surface area contributed by atoms with Crippen LogP contribution in [-0.2, 0) is 6.54 Å². The first-order valence-corrected chi connectivity index (χ1v) is 7.72. The molecule has 1 heterocycles. The van der Waals surface area contributed by atoms with Crippen molar-refractivity contribution in [1.29, 1.82) is 0 Å². The first-order chi connectivity index (χ1) is 10.3. The van der Waals surface area contributed by atoms with Gasteiger partial charge in [0.2, 0.25) is 0 Å². The molecule has 1 aliphatic carbocycles. The summed E-state index contributed by atoms with van der Waals surface area (Å²) in [6, 6.07) is 12.4. The zero-order chi connectivity index (χ0) is 14.5. The third-order valence-electron chi connectivity index (χ3n) is 4.41. The number of hydrogen-bond acceptors (Lipinski definition) is 3. The summed E-state index contributed by atoms with van der Waals surface area (Å²) >= 11 is 0. The molecule has 2 aromatic rings. The van der Waals surface area contributed by atoms with E-state index in [1.165, 1.54) is 36.8 Å². The molecule has 1 saturated carbocycles. The van der Waals surface area contributed by atoms with Crippen LogP contribution < -0.4 is 5.32 Å². The van der Waals surface area contributed by atoms with Gasteiger partial charge in [0.25, 0.3) is 0 Å². The van der Waals surface area contributed by atoms with Gasteiger partial charge in [0.1, 0.15) is 5.75 Å². The number of pyridine rings is 1. The molecule has 0 aliphatic heterocycles. The molecule has 3 nitrogen and oxygen atoms in total. The van der Waals surface area contributed by atoms with Crippen molar-refractivity contribution < 1.29 is 5.11 Å². The minimum atomic E-state index is 0.352. The van der Waals surface area contributed by atoms with Crippen molar-refractivity contribution in [2.45, 2.75) is 44.2 Å². The second-order valence-corrected chi connectivity index (χ2v) is 5.88. The summed E-state index contributed by atoms with van der Waals surface area (Å²) in [6.07, 6.45) is 8.60. The fourth-order valence-corrected chi connectivity index (χ4v) is 3.14. The quantitative estimate of drug-likeness (QED) is 0.900. The summed E-state index contributed by atoms with van der Waals surface area (Å²) in [5.41, 5.74) is 2.61. The third kappa shape index (κ3) is 3.82. The fourth-order valence-electron chi connectivity index (χ4n) is 3.14. The molecule has 0 atom stereocenters. The van der Waals surface area contributed by atoms with Gasteiger partial charge in [0.05, 0.1) is 0 Å². The van der Waals surface area contributed by atoms with Crippen LogP contribution in [0.1, 0.15) is 42.7 Å². The number of phenolic OH excluding ortho intramolecular Hbond substituents is 1. The number of benzene rings is 1. The topological polar surface area (TPSA) is 45.1 Å². The SMILES string of the molecule is Oc1ccc(C2CCC(NCc3cccnc3)CC2)cc1. The van der Waals surface area contributed by atoms with E-state index in [4.69, 9.17) is 0 Å². The minimum Gasteiger partial charge on any atom is -0.508 e. The van der Waals surface area contributed by atoms with Gasteiger partial charge in [0, 0.05) is 25.0 Å². The highest BCUT2D eigenvalue weighted by Gasteiger charge is 2.21. The highest BCUT2D eigenvalue weighted by atomic mass is 16.3. The predicted octanol–water partition coefficient (Wildman–Crippen LogP) is 3.60. The Balaban J connectivity index is 1.48. The second kappa shape index (κ2) is 6.72. The van der Waals surface area contributed by atoms with Crippen LogP contribution in [0.25, 0.3) is 0 Å². The smallest absolute Gasteiger partial charge is 0.115 e. The van der Waals surface area contributed by atoms with Crippen molar-refractivity contribution in [2.75, 3.05) is 0 Å². The van der Waals surface area contributed by atoms with Gasteiger partial charge in [-0.2, -0.15) is 0 Å². The number of aromatic nitrogens is 1. The molecule has 0 spiro atoms. The van der Waals surface area contributed by atoms with Crippen LogP contribution in [0, 0.1) is 0 Å². The lowest BCUT2D eigenvalue weighted by Crippen LogP contribution is -2.32.